The van der Waals surface area contributed by atoms with Crippen molar-refractivity contribution in [1.82, 2.24) is 0 Å². The molecule has 0 heterocycles. The Balaban J connectivity index is 0.00000338. The van der Waals surface area contributed by atoms with Crippen LogP contribution in [0.15, 0.2) is 59.6 Å². The van der Waals surface area contributed by atoms with Crippen molar-refractivity contribution in [1.29, 1.82) is 0 Å². The number of benzene rings is 2. The van der Waals surface area contributed by atoms with Crippen molar-refractivity contribution in [3.63, 3.8) is 0 Å². The van der Waals surface area contributed by atoms with Crippen LogP contribution in [0.4, 0.5) is 13.2 Å². The molecule has 2 aromatic rings. The van der Waals surface area contributed by atoms with Gasteiger partial charge in [-0.25, -0.2) is 0 Å². The summed E-state index contributed by atoms with van der Waals surface area (Å²) in [6, 6.07) is 14.2. The summed E-state index contributed by atoms with van der Waals surface area (Å²) < 4.78 is 41.0. The van der Waals surface area contributed by atoms with Crippen LogP contribution in [0.2, 0.25) is 0 Å². The fourth-order valence-electron chi connectivity index (χ4n) is 2.34. The summed E-state index contributed by atoms with van der Waals surface area (Å²) in [5.41, 5.74) is 11.6. The molecule has 9 heteroatoms. The third-order valence-electron chi connectivity index (χ3n) is 3.31. The van der Waals surface area contributed by atoms with Gasteiger partial charge in [-0.3, -0.25) is 4.79 Å². The lowest BCUT2D eigenvalue weighted by Crippen LogP contribution is -2.26. The van der Waals surface area contributed by atoms with E-state index in [2.05, 4.69) is 9.73 Å². The lowest BCUT2D eigenvalue weighted by atomic mass is 9.91. The quantitative estimate of drug-likeness (QED) is 0.609. The van der Waals surface area contributed by atoms with Gasteiger partial charge in [0.05, 0.1) is 5.92 Å². The van der Waals surface area contributed by atoms with E-state index in [4.69, 9.17) is 11.5 Å². The zero-order chi connectivity index (χ0) is 18.4. The smallest absolute Gasteiger partial charge is 0.406 e. The zero-order valence-corrected chi connectivity index (χ0v) is 14.3. The van der Waals surface area contributed by atoms with E-state index in [9.17, 15) is 18.0 Å². The summed E-state index contributed by atoms with van der Waals surface area (Å²) in [5, 5.41) is 0. The molecular weight excluding hydrogens is 371 g/mol. The van der Waals surface area contributed by atoms with Crippen molar-refractivity contribution in [2.24, 2.45) is 16.5 Å². The van der Waals surface area contributed by atoms with Gasteiger partial charge in [-0.05, 0) is 29.7 Å². The van der Waals surface area contributed by atoms with Crippen molar-refractivity contribution in [2.45, 2.75) is 18.7 Å². The van der Waals surface area contributed by atoms with Crippen LogP contribution in [0.3, 0.4) is 0 Å². The minimum atomic E-state index is -4.79. The van der Waals surface area contributed by atoms with Gasteiger partial charge in [-0.1, -0.05) is 42.5 Å². The van der Waals surface area contributed by atoms with E-state index in [1.54, 1.807) is 36.4 Å². The van der Waals surface area contributed by atoms with E-state index in [0.717, 1.165) is 0 Å². The number of amides is 1. The van der Waals surface area contributed by atoms with Crippen LogP contribution in [0.1, 0.15) is 17.0 Å². The van der Waals surface area contributed by atoms with Gasteiger partial charge in [0.2, 0.25) is 0 Å². The number of nitrogens with two attached hydrogens (primary N) is 2. The lowest BCUT2D eigenvalue weighted by Gasteiger charge is -2.15. The van der Waals surface area contributed by atoms with Crippen molar-refractivity contribution in [3.8, 4) is 5.75 Å². The van der Waals surface area contributed by atoms with E-state index in [0.29, 0.717) is 11.1 Å². The van der Waals surface area contributed by atoms with E-state index in [1.165, 1.54) is 18.2 Å². The van der Waals surface area contributed by atoms with Crippen molar-refractivity contribution in [3.05, 3.63) is 65.7 Å². The number of halogens is 4. The maximum Gasteiger partial charge on any atom is 0.573 e. The summed E-state index contributed by atoms with van der Waals surface area (Å²) >= 11 is 0. The zero-order valence-electron chi connectivity index (χ0n) is 13.4. The molecule has 1 unspecified atom stereocenters. The lowest BCUT2D eigenvalue weighted by molar-refractivity contribution is -0.274. The van der Waals surface area contributed by atoms with Crippen LogP contribution in [0, 0.1) is 0 Å². The van der Waals surface area contributed by atoms with Crippen LogP contribution in [0.5, 0.6) is 5.75 Å². The minimum Gasteiger partial charge on any atom is -0.406 e. The van der Waals surface area contributed by atoms with Crippen LogP contribution in [0.25, 0.3) is 0 Å². The first-order valence-electron chi connectivity index (χ1n) is 7.28. The Bertz CT molecular complexity index is 763. The molecule has 1 amide bonds. The largest absolute Gasteiger partial charge is 0.573 e. The number of alkyl halides is 3. The Morgan fingerprint density at radius 2 is 1.73 bits per heavy atom. The summed E-state index contributed by atoms with van der Waals surface area (Å²) in [5.74, 6) is -2.04. The molecule has 0 saturated heterocycles. The van der Waals surface area contributed by atoms with E-state index >= 15 is 0 Å². The number of hydrogen-bond donors (Lipinski definition) is 2. The first-order valence-corrected chi connectivity index (χ1v) is 7.28. The average Bonchev–Trinajstić information content (AvgIpc) is 2.51. The Kier molecular flexibility index (Phi) is 7.45. The summed E-state index contributed by atoms with van der Waals surface area (Å²) in [7, 11) is 0. The predicted molar refractivity (Wildman–Crippen MR) is 94.1 cm³/mol. The van der Waals surface area contributed by atoms with Gasteiger partial charge in [0.25, 0.3) is 5.91 Å². The number of carbonyl (C=O) groups excluding carboxylic acids is 1. The van der Waals surface area contributed by atoms with Gasteiger partial charge >= 0.3 is 6.36 Å². The Labute approximate surface area is 154 Å². The number of hydrogen-bond acceptors (Lipinski definition) is 2. The summed E-state index contributed by atoms with van der Waals surface area (Å²) in [4.78, 5) is 15.9. The molecule has 2 rings (SSSR count). The first kappa shape index (κ1) is 21.3. The molecule has 140 valence electrons. The van der Waals surface area contributed by atoms with Crippen LogP contribution in [-0.2, 0) is 11.2 Å². The molecule has 0 radical (unpaired) electrons. The van der Waals surface area contributed by atoms with Crippen LogP contribution in [-0.4, -0.2) is 18.2 Å². The average molecular weight is 388 g/mol. The van der Waals surface area contributed by atoms with Gasteiger partial charge in [-0.15, -0.1) is 25.6 Å². The molecule has 0 aliphatic rings. The summed E-state index contributed by atoms with van der Waals surface area (Å²) in [6.45, 7) is 0. The molecule has 0 aromatic heterocycles. The van der Waals surface area contributed by atoms with E-state index in [1.807, 2.05) is 0 Å². The number of carbonyl (C=O) groups is 1. The number of aliphatic imine (C=N–C) groups is 1. The second-order valence-electron chi connectivity index (χ2n) is 5.24. The molecule has 0 spiro atoms. The first-order chi connectivity index (χ1) is 11.7. The highest BCUT2D eigenvalue weighted by molar-refractivity contribution is 5.95. The van der Waals surface area contributed by atoms with E-state index in [-0.39, 0.29) is 30.5 Å². The number of nitrogens with zero attached hydrogens (tertiary/aromatic N) is 1. The van der Waals surface area contributed by atoms with Gasteiger partial charge < -0.3 is 16.2 Å². The topological polar surface area (TPSA) is 90.7 Å². The molecule has 2 aromatic carbocycles. The number of guanidine groups is 1. The van der Waals surface area contributed by atoms with E-state index < -0.39 is 18.2 Å². The summed E-state index contributed by atoms with van der Waals surface area (Å²) in [6.07, 6.45) is -4.67. The highest BCUT2D eigenvalue weighted by atomic mass is 35.5. The van der Waals surface area contributed by atoms with Crippen molar-refractivity contribution in [2.75, 3.05) is 0 Å². The molecule has 4 N–H and O–H groups in total. The fourth-order valence-corrected chi connectivity index (χ4v) is 2.34. The molecule has 0 saturated carbocycles. The Morgan fingerprint density at radius 3 is 2.31 bits per heavy atom. The molecule has 5 nitrogen and oxygen atoms in total. The molecule has 0 fully saturated rings. The molecule has 26 heavy (non-hydrogen) atoms. The minimum absolute atomic E-state index is 0. The van der Waals surface area contributed by atoms with Crippen molar-refractivity contribution >= 4 is 24.3 Å². The van der Waals surface area contributed by atoms with Crippen LogP contribution >= 0.6 is 12.4 Å². The Morgan fingerprint density at radius 1 is 1.08 bits per heavy atom. The molecule has 0 aliphatic heterocycles. The van der Waals surface area contributed by atoms with Crippen molar-refractivity contribution < 1.29 is 22.7 Å². The molecular formula is C17H17ClF3N3O2. The van der Waals surface area contributed by atoms with Gasteiger partial charge in [0.1, 0.15) is 5.75 Å². The molecule has 0 bridgehead atoms. The standard InChI is InChI=1S/C17H16F3N3O2.ClH/c18-17(19,20)25-13-8-4-5-11(9-13)10-14(15(24)23-16(21)22)12-6-2-1-3-7-12;/h1-9,14H,10H2,(H4,21,22,23,24);1H. The predicted octanol–water partition coefficient (Wildman–Crippen LogP) is 3.13. The molecule has 1 atom stereocenters. The maximum atomic E-state index is 12.4. The number of ether oxygens (including phenoxy) is 1. The highest BCUT2D eigenvalue weighted by Gasteiger charge is 2.31. The monoisotopic (exact) mass is 387 g/mol. The molecule has 0 aliphatic carbocycles. The maximum absolute atomic E-state index is 12.4. The SMILES string of the molecule is Cl.NC(N)=NC(=O)C(Cc1cccc(OC(F)(F)F)c1)c1ccccc1. The second kappa shape index (κ2) is 9.10. The third-order valence-corrected chi connectivity index (χ3v) is 3.31. The van der Waals surface area contributed by atoms with Gasteiger partial charge in [-0.2, -0.15) is 4.99 Å². The second-order valence-corrected chi connectivity index (χ2v) is 5.24. The van der Waals surface area contributed by atoms with Gasteiger partial charge in [0, 0.05) is 0 Å². The number of rotatable bonds is 5. The third kappa shape index (κ3) is 6.64. The fraction of sp³-hybridized carbons (Fsp3) is 0.176. The highest BCUT2D eigenvalue weighted by Crippen LogP contribution is 2.27. The normalized spacial score (nSPS) is 11.8. The Hall–Kier alpha value is -2.74. The van der Waals surface area contributed by atoms with Gasteiger partial charge in [0.15, 0.2) is 5.96 Å². The van der Waals surface area contributed by atoms with Crippen LogP contribution < -0.4 is 16.2 Å².